The van der Waals surface area contributed by atoms with E-state index in [0.717, 1.165) is 10.9 Å². The van der Waals surface area contributed by atoms with E-state index in [0.29, 0.717) is 5.41 Å². The van der Waals surface area contributed by atoms with Crippen LogP contribution < -0.4 is 0 Å². The van der Waals surface area contributed by atoms with Crippen LogP contribution in [0, 0.1) is 9.12 Å². The molecule has 3 heteroatoms. The molecule has 0 saturated heterocycles. The molecule has 1 heterocycles. The summed E-state index contributed by atoms with van der Waals surface area (Å²) in [6.45, 7) is 6.83. The molecule has 1 nitrogen and oxygen atoms in total. The Bertz CT molecular complexity index is 522. The van der Waals surface area contributed by atoms with Gasteiger partial charge < -0.3 is 4.98 Å². The first kappa shape index (κ1) is 12.4. The Morgan fingerprint density at radius 3 is 2.62 bits per heavy atom. The molecule has 0 amide bonds. The predicted molar refractivity (Wildman–Crippen MR) is 81.9 cm³/mol. The second kappa shape index (κ2) is 4.33. The van der Waals surface area contributed by atoms with E-state index in [1.165, 1.54) is 20.2 Å². The summed E-state index contributed by atoms with van der Waals surface area (Å²) in [6.07, 6.45) is 1.10. The van der Waals surface area contributed by atoms with Gasteiger partial charge >= 0.3 is 0 Å². The average molecular weight is 392 g/mol. The average Bonchev–Trinajstić information content (AvgIpc) is 2.42. The smallest absolute Gasteiger partial charge is 0.0815 e. The molecule has 1 N–H and O–H groups in total. The van der Waals surface area contributed by atoms with Crippen LogP contribution in [0.5, 0.6) is 0 Å². The van der Waals surface area contributed by atoms with Gasteiger partial charge in [-0.05, 0) is 58.2 Å². The van der Waals surface area contributed by atoms with Crippen molar-refractivity contribution in [1.29, 1.82) is 0 Å². The van der Waals surface area contributed by atoms with Crippen LogP contribution in [-0.2, 0) is 6.42 Å². The molecule has 2 aromatic rings. The molecule has 0 aliphatic carbocycles. The minimum Gasteiger partial charge on any atom is -0.350 e. The minimum absolute atomic E-state index is 0.317. The quantitative estimate of drug-likeness (QED) is 0.649. The summed E-state index contributed by atoms with van der Waals surface area (Å²) in [4.78, 5) is 3.44. The number of H-pyrrole nitrogens is 1. The Hall–Kier alpha value is -0.0300. The van der Waals surface area contributed by atoms with Crippen LogP contribution in [0.15, 0.2) is 22.7 Å². The Balaban J connectivity index is 2.58. The van der Waals surface area contributed by atoms with Crippen molar-refractivity contribution in [2.45, 2.75) is 27.2 Å². The zero-order valence-electron chi connectivity index (χ0n) is 9.70. The SMILES string of the molecule is CC(C)(C)Cc1c(I)[nH]c2ccc(Br)cc12. The molecule has 0 bridgehead atoms. The lowest BCUT2D eigenvalue weighted by Crippen LogP contribution is -2.09. The number of aromatic nitrogens is 1. The maximum absolute atomic E-state index is 3.54. The van der Waals surface area contributed by atoms with E-state index < -0.39 is 0 Å². The van der Waals surface area contributed by atoms with Gasteiger partial charge in [0.25, 0.3) is 0 Å². The van der Waals surface area contributed by atoms with E-state index in [9.17, 15) is 0 Å². The first-order valence-corrected chi connectivity index (χ1v) is 7.19. The summed E-state index contributed by atoms with van der Waals surface area (Å²) in [7, 11) is 0. The molecule has 0 saturated carbocycles. The van der Waals surface area contributed by atoms with Crippen molar-refractivity contribution >= 4 is 49.4 Å². The van der Waals surface area contributed by atoms with Crippen LogP contribution in [0.25, 0.3) is 10.9 Å². The highest BCUT2D eigenvalue weighted by molar-refractivity contribution is 14.1. The summed E-state index contributed by atoms with van der Waals surface area (Å²) in [6, 6.07) is 6.42. The number of rotatable bonds is 1. The summed E-state index contributed by atoms with van der Waals surface area (Å²) < 4.78 is 2.41. The third kappa shape index (κ3) is 2.62. The van der Waals surface area contributed by atoms with Crippen molar-refractivity contribution in [2.24, 2.45) is 5.41 Å². The lowest BCUT2D eigenvalue weighted by molar-refractivity contribution is 0.412. The van der Waals surface area contributed by atoms with E-state index in [2.05, 4.69) is 82.5 Å². The number of nitrogens with one attached hydrogen (secondary N) is 1. The number of benzene rings is 1. The summed E-state index contributed by atoms with van der Waals surface area (Å²) in [5.41, 5.74) is 2.98. The van der Waals surface area contributed by atoms with Gasteiger partial charge in [-0.15, -0.1) is 0 Å². The van der Waals surface area contributed by atoms with Gasteiger partial charge in [-0.1, -0.05) is 36.7 Å². The van der Waals surface area contributed by atoms with Crippen LogP contribution in [0.1, 0.15) is 26.3 Å². The Kier molecular flexibility index (Phi) is 3.36. The molecular formula is C13H15BrIN. The molecule has 0 atom stereocenters. The monoisotopic (exact) mass is 391 g/mol. The molecule has 0 fully saturated rings. The molecule has 0 aliphatic rings. The standard InChI is InChI=1S/C13H15BrIN/c1-13(2,3)7-10-9-6-8(14)4-5-11(9)16-12(10)15/h4-6,16H,7H2,1-3H3. The third-order valence-corrected chi connectivity index (χ3v) is 3.94. The van der Waals surface area contributed by atoms with Crippen molar-refractivity contribution in [2.75, 3.05) is 0 Å². The molecule has 16 heavy (non-hydrogen) atoms. The van der Waals surface area contributed by atoms with Gasteiger partial charge in [0.2, 0.25) is 0 Å². The number of hydrogen-bond donors (Lipinski definition) is 1. The lowest BCUT2D eigenvalue weighted by atomic mass is 9.88. The van der Waals surface area contributed by atoms with Gasteiger partial charge in [-0.25, -0.2) is 0 Å². The Morgan fingerprint density at radius 1 is 1.31 bits per heavy atom. The Morgan fingerprint density at radius 2 is 2.00 bits per heavy atom. The van der Waals surface area contributed by atoms with Crippen LogP contribution >= 0.6 is 38.5 Å². The first-order chi connectivity index (χ1) is 7.37. The third-order valence-electron chi connectivity index (χ3n) is 2.52. The summed E-state index contributed by atoms with van der Waals surface area (Å²) in [5.74, 6) is 0. The highest BCUT2D eigenvalue weighted by atomic mass is 127. The number of halogens is 2. The fourth-order valence-corrected chi connectivity index (χ4v) is 3.02. The molecule has 86 valence electrons. The molecule has 0 unspecified atom stereocenters. The van der Waals surface area contributed by atoms with Crippen molar-refractivity contribution in [3.63, 3.8) is 0 Å². The maximum Gasteiger partial charge on any atom is 0.0815 e. The van der Waals surface area contributed by atoms with Gasteiger partial charge in [0, 0.05) is 15.4 Å². The van der Waals surface area contributed by atoms with Crippen LogP contribution in [0.2, 0.25) is 0 Å². The summed E-state index contributed by atoms with van der Waals surface area (Å²) >= 11 is 5.93. The zero-order valence-corrected chi connectivity index (χ0v) is 13.4. The largest absolute Gasteiger partial charge is 0.350 e. The number of aromatic amines is 1. The fourth-order valence-electron chi connectivity index (χ4n) is 1.89. The molecule has 1 aromatic heterocycles. The molecule has 0 radical (unpaired) electrons. The van der Waals surface area contributed by atoms with E-state index in [-0.39, 0.29) is 0 Å². The second-order valence-corrected chi connectivity index (χ2v) is 7.34. The second-order valence-electron chi connectivity index (χ2n) is 5.34. The van der Waals surface area contributed by atoms with Gasteiger partial charge in [-0.3, -0.25) is 0 Å². The highest BCUT2D eigenvalue weighted by Gasteiger charge is 2.17. The normalized spacial score (nSPS) is 12.3. The topological polar surface area (TPSA) is 15.8 Å². The molecule has 0 aliphatic heterocycles. The number of fused-ring (bicyclic) bond motifs is 1. The van der Waals surface area contributed by atoms with E-state index in [1.807, 2.05) is 0 Å². The summed E-state index contributed by atoms with van der Waals surface area (Å²) in [5, 5.41) is 1.34. The van der Waals surface area contributed by atoms with E-state index in [4.69, 9.17) is 0 Å². The Labute approximate surface area is 118 Å². The van der Waals surface area contributed by atoms with E-state index in [1.54, 1.807) is 0 Å². The van der Waals surface area contributed by atoms with Crippen molar-refractivity contribution in [3.05, 3.63) is 31.9 Å². The van der Waals surface area contributed by atoms with Crippen molar-refractivity contribution in [3.8, 4) is 0 Å². The van der Waals surface area contributed by atoms with Crippen molar-refractivity contribution < 1.29 is 0 Å². The lowest BCUT2D eigenvalue weighted by Gasteiger charge is -2.17. The molecule has 1 aromatic carbocycles. The predicted octanol–water partition coefficient (Wildman–Crippen LogP) is 5.12. The fraction of sp³-hybridized carbons (Fsp3) is 0.385. The first-order valence-electron chi connectivity index (χ1n) is 5.32. The van der Waals surface area contributed by atoms with Gasteiger partial charge in [-0.2, -0.15) is 0 Å². The number of hydrogen-bond acceptors (Lipinski definition) is 0. The van der Waals surface area contributed by atoms with Gasteiger partial charge in [0.15, 0.2) is 0 Å². The van der Waals surface area contributed by atoms with Gasteiger partial charge in [0.05, 0.1) is 3.70 Å². The molecule has 2 rings (SSSR count). The molecule has 0 spiro atoms. The van der Waals surface area contributed by atoms with Crippen LogP contribution in [0.4, 0.5) is 0 Å². The molecular weight excluding hydrogens is 377 g/mol. The van der Waals surface area contributed by atoms with E-state index >= 15 is 0 Å². The van der Waals surface area contributed by atoms with Crippen molar-refractivity contribution in [1.82, 2.24) is 4.98 Å². The minimum atomic E-state index is 0.317. The maximum atomic E-state index is 3.54. The van der Waals surface area contributed by atoms with Gasteiger partial charge in [0.1, 0.15) is 0 Å². The van der Waals surface area contributed by atoms with Crippen LogP contribution in [0.3, 0.4) is 0 Å². The highest BCUT2D eigenvalue weighted by Crippen LogP contribution is 2.31. The zero-order chi connectivity index (χ0) is 11.9. The van der Waals surface area contributed by atoms with Crippen LogP contribution in [-0.4, -0.2) is 4.98 Å².